The molecule has 59 valence electrons. The molecule has 1 heterocycles. The Labute approximate surface area is 95.9 Å². The summed E-state index contributed by atoms with van der Waals surface area (Å²) in [6.45, 7) is 7.98. The fourth-order valence-electron chi connectivity index (χ4n) is 1.23. The molecular weight excluding hydrogens is 212 g/mol. The van der Waals surface area contributed by atoms with E-state index in [-0.39, 0.29) is 44.3 Å². The van der Waals surface area contributed by atoms with Crippen molar-refractivity contribution in [2.75, 3.05) is 0 Å². The average molecular weight is 225 g/mol. The van der Waals surface area contributed by atoms with Crippen molar-refractivity contribution in [3.8, 4) is 0 Å². The Kier molecular flexibility index (Phi) is 4.84. The van der Waals surface area contributed by atoms with Crippen LogP contribution in [0.5, 0.6) is 0 Å². The van der Waals surface area contributed by atoms with Crippen molar-refractivity contribution >= 4 is 7.85 Å². The third-order valence-corrected chi connectivity index (χ3v) is 2.34. The SMILES string of the molecule is [B][C@H]1[CH-][C@@H](C)C(C)(C[CH2-])O1.[Y]. The zero-order chi connectivity index (χ0) is 7.78. The van der Waals surface area contributed by atoms with Gasteiger partial charge >= 0.3 is 0 Å². The Balaban J connectivity index is 0.000001000. The quantitative estimate of drug-likeness (QED) is 0.483. The molecule has 1 rings (SSSR count). The first-order valence-corrected chi connectivity index (χ1v) is 3.66. The summed E-state index contributed by atoms with van der Waals surface area (Å²) in [4.78, 5) is 0. The van der Waals surface area contributed by atoms with Crippen LogP contribution in [0.4, 0.5) is 0 Å². The summed E-state index contributed by atoms with van der Waals surface area (Å²) < 4.78 is 5.47. The number of ether oxygens (including phenoxy) is 1. The van der Waals surface area contributed by atoms with Gasteiger partial charge in [0.1, 0.15) is 0 Å². The second-order valence-corrected chi connectivity index (χ2v) is 3.13. The van der Waals surface area contributed by atoms with Crippen LogP contribution in [0.1, 0.15) is 20.3 Å². The topological polar surface area (TPSA) is 9.23 Å². The van der Waals surface area contributed by atoms with Crippen LogP contribution in [-0.2, 0) is 37.4 Å². The summed E-state index contributed by atoms with van der Waals surface area (Å²) in [6, 6.07) is -0.193. The van der Waals surface area contributed by atoms with Gasteiger partial charge in [-0.25, -0.2) is 0 Å². The molecule has 0 aromatic heterocycles. The number of hydrogen-bond donors (Lipinski definition) is 0. The van der Waals surface area contributed by atoms with E-state index >= 15 is 0 Å². The summed E-state index contributed by atoms with van der Waals surface area (Å²) in [5.74, 6) is 0.417. The van der Waals surface area contributed by atoms with Gasteiger partial charge in [0.25, 0.3) is 0 Å². The van der Waals surface area contributed by atoms with Gasteiger partial charge in [0, 0.05) is 38.3 Å². The molecule has 0 aliphatic carbocycles. The number of hydrogen-bond acceptors (Lipinski definition) is 1. The normalized spacial score (nSPS) is 43.5. The molecule has 11 heavy (non-hydrogen) atoms. The van der Waals surface area contributed by atoms with Crippen LogP contribution in [-0.4, -0.2) is 19.5 Å². The van der Waals surface area contributed by atoms with Crippen LogP contribution in [0.3, 0.4) is 0 Å². The van der Waals surface area contributed by atoms with Gasteiger partial charge in [-0.15, -0.1) is 5.92 Å². The van der Waals surface area contributed by atoms with Crippen LogP contribution in [0.2, 0.25) is 0 Å². The molecule has 0 aromatic rings. The van der Waals surface area contributed by atoms with Crippen LogP contribution >= 0.6 is 0 Å². The van der Waals surface area contributed by atoms with E-state index in [1.807, 2.05) is 13.3 Å². The van der Waals surface area contributed by atoms with Gasteiger partial charge in [-0.05, 0) is 6.92 Å². The van der Waals surface area contributed by atoms with E-state index in [0.717, 1.165) is 6.42 Å². The molecular formula is C8H13BOY-2. The molecule has 0 spiro atoms. The van der Waals surface area contributed by atoms with Crippen molar-refractivity contribution in [3.63, 3.8) is 0 Å². The van der Waals surface area contributed by atoms with Crippen molar-refractivity contribution in [1.82, 2.24) is 0 Å². The Bertz CT molecular complexity index is 131. The molecule has 3 radical (unpaired) electrons. The molecule has 1 unspecified atom stereocenters. The van der Waals surface area contributed by atoms with Crippen LogP contribution < -0.4 is 0 Å². The maximum atomic E-state index is 5.57. The summed E-state index contributed by atoms with van der Waals surface area (Å²) in [7, 11) is 5.57. The molecule has 1 aliphatic rings. The third kappa shape index (κ3) is 2.53. The molecule has 0 bridgehead atoms. The predicted molar refractivity (Wildman–Crippen MR) is 42.5 cm³/mol. The summed E-state index contributed by atoms with van der Waals surface area (Å²) in [6.07, 6.45) is 2.80. The van der Waals surface area contributed by atoms with Crippen LogP contribution in [0, 0.1) is 19.3 Å². The summed E-state index contributed by atoms with van der Waals surface area (Å²) in [5, 5.41) is 0. The van der Waals surface area contributed by atoms with Crippen molar-refractivity contribution in [2.24, 2.45) is 5.92 Å². The van der Waals surface area contributed by atoms with Gasteiger partial charge in [-0.2, -0.15) is 6.42 Å². The van der Waals surface area contributed by atoms with Crippen LogP contribution in [0.25, 0.3) is 0 Å². The molecule has 3 atom stereocenters. The minimum absolute atomic E-state index is 0. The van der Waals surface area contributed by atoms with Crippen molar-refractivity contribution < 1.29 is 37.4 Å². The van der Waals surface area contributed by atoms with E-state index < -0.39 is 0 Å². The first-order chi connectivity index (χ1) is 4.58. The smallest absolute Gasteiger partial charge is 0.0625 e. The van der Waals surface area contributed by atoms with Gasteiger partial charge < -0.3 is 18.1 Å². The molecule has 0 N–H and O–H groups in total. The minimum atomic E-state index is -0.193. The number of rotatable bonds is 1. The second kappa shape index (κ2) is 4.39. The van der Waals surface area contributed by atoms with Gasteiger partial charge in [0.05, 0.1) is 7.85 Å². The maximum Gasteiger partial charge on any atom is 0.0625 e. The first-order valence-electron chi connectivity index (χ1n) is 3.66. The Morgan fingerprint density at radius 1 is 1.73 bits per heavy atom. The average Bonchev–Trinajstić information content (AvgIpc) is 2.09. The van der Waals surface area contributed by atoms with Crippen molar-refractivity contribution in [3.05, 3.63) is 13.3 Å². The Morgan fingerprint density at radius 3 is 2.45 bits per heavy atom. The molecule has 0 amide bonds. The monoisotopic (exact) mass is 225 g/mol. The van der Waals surface area contributed by atoms with E-state index in [1.54, 1.807) is 0 Å². The Morgan fingerprint density at radius 2 is 2.27 bits per heavy atom. The first kappa shape index (κ1) is 12.1. The van der Waals surface area contributed by atoms with E-state index in [2.05, 4.69) is 13.8 Å². The summed E-state index contributed by atoms with van der Waals surface area (Å²) >= 11 is 0. The molecule has 1 nitrogen and oxygen atoms in total. The molecule has 3 heteroatoms. The molecule has 1 aliphatic heterocycles. The standard InChI is InChI=1S/C8H13BO.Y/c1-4-8(3)6(2)5-7(9)10-8;/h5-7H,1,4H2,2-3H3;/q-2;/t6-,7-,8?;/m1./s1. The third-order valence-electron chi connectivity index (χ3n) is 2.34. The van der Waals surface area contributed by atoms with Gasteiger partial charge in [-0.1, -0.05) is 12.9 Å². The fraction of sp³-hybridized carbons (Fsp3) is 0.750. The molecule has 0 saturated carbocycles. The van der Waals surface area contributed by atoms with Gasteiger partial charge in [0.15, 0.2) is 0 Å². The van der Waals surface area contributed by atoms with E-state index in [9.17, 15) is 0 Å². The van der Waals surface area contributed by atoms with Crippen molar-refractivity contribution in [2.45, 2.75) is 31.9 Å². The van der Waals surface area contributed by atoms with Gasteiger partial charge in [-0.3, -0.25) is 0 Å². The fourth-order valence-corrected chi connectivity index (χ4v) is 1.23. The largest absolute Gasteiger partial charge is 0.417 e. The summed E-state index contributed by atoms with van der Waals surface area (Å²) in [5.41, 5.74) is -0.126. The van der Waals surface area contributed by atoms with E-state index in [0.29, 0.717) is 5.92 Å². The van der Waals surface area contributed by atoms with Crippen LogP contribution in [0.15, 0.2) is 0 Å². The zero-order valence-electron chi connectivity index (χ0n) is 7.21. The zero-order valence-corrected chi connectivity index (χ0v) is 10.0. The molecule has 1 fully saturated rings. The van der Waals surface area contributed by atoms with Gasteiger partial charge in [0.2, 0.25) is 0 Å². The van der Waals surface area contributed by atoms with E-state index in [4.69, 9.17) is 12.6 Å². The van der Waals surface area contributed by atoms with E-state index in [1.165, 1.54) is 0 Å². The predicted octanol–water partition coefficient (Wildman–Crippen LogP) is 1.33. The molecule has 1 saturated heterocycles. The molecule has 0 aromatic carbocycles. The maximum absolute atomic E-state index is 5.57. The van der Waals surface area contributed by atoms with Crippen molar-refractivity contribution in [1.29, 1.82) is 0 Å². The Hall–Kier alpha value is 1.13. The second-order valence-electron chi connectivity index (χ2n) is 3.13. The minimum Gasteiger partial charge on any atom is -0.417 e.